The number of carbonyl (C=O) groups excluding carboxylic acids is 2. The lowest BCUT2D eigenvalue weighted by Gasteiger charge is -2.49. The Morgan fingerprint density at radius 3 is 2.25 bits per heavy atom. The van der Waals surface area contributed by atoms with Gasteiger partial charge in [-0.1, -0.05) is 32.4 Å². The van der Waals surface area contributed by atoms with Crippen LogP contribution in [-0.2, 0) is 47.4 Å². The van der Waals surface area contributed by atoms with Crippen molar-refractivity contribution in [2.75, 3.05) is 73.5 Å². The van der Waals surface area contributed by atoms with E-state index < -0.39 is 107 Å². The summed E-state index contributed by atoms with van der Waals surface area (Å²) in [5.41, 5.74) is -4.25. The summed E-state index contributed by atoms with van der Waals surface area (Å²) in [4.78, 5) is 57.1. The molecule has 0 unspecified atom stereocenters. The Morgan fingerprint density at radius 1 is 0.938 bits per heavy atom. The van der Waals surface area contributed by atoms with Crippen LogP contribution in [0.4, 0.5) is 10.5 Å². The number of alkyl carbamates (subject to hydrolysis) is 1. The summed E-state index contributed by atoms with van der Waals surface area (Å²) in [7, 11) is 8.70. The minimum Gasteiger partial charge on any atom is -0.477 e. The van der Waals surface area contributed by atoms with Crippen LogP contribution < -0.4 is 16.1 Å². The van der Waals surface area contributed by atoms with Crippen LogP contribution >= 0.6 is 11.6 Å². The summed E-state index contributed by atoms with van der Waals surface area (Å²) in [6.45, 7) is 19.6. The number of esters is 1. The van der Waals surface area contributed by atoms with E-state index in [1.807, 2.05) is 65.2 Å². The van der Waals surface area contributed by atoms with Gasteiger partial charge in [-0.15, -0.1) is 0 Å². The maximum Gasteiger partial charge on any atom is 0.407 e. The van der Waals surface area contributed by atoms with Crippen molar-refractivity contribution in [1.29, 1.82) is 0 Å². The minimum absolute atomic E-state index is 0.0302. The molecule has 460 valence electrons. The Labute approximate surface area is 482 Å². The first-order valence-corrected chi connectivity index (χ1v) is 29.1. The molecule has 3 aliphatic heterocycles. The number of amides is 1. The highest BCUT2D eigenvalue weighted by atomic mass is 35.5. The molecule has 1 amide bonds. The highest BCUT2D eigenvalue weighted by Gasteiger charge is 2.54. The first-order chi connectivity index (χ1) is 38.0. The number of fused-ring (bicyclic) bond motifs is 1. The number of aliphatic hydroxyl groups excluding tert-OH is 1. The molecule has 1 aromatic carbocycles. The Morgan fingerprint density at radius 2 is 1.63 bits per heavy atom. The number of rotatable bonds is 19. The molecule has 2 aromatic rings. The van der Waals surface area contributed by atoms with Gasteiger partial charge in [0.2, 0.25) is 5.43 Å². The number of pyridine rings is 1. The van der Waals surface area contributed by atoms with E-state index in [-0.39, 0.29) is 80.1 Å². The van der Waals surface area contributed by atoms with Crippen LogP contribution in [0.25, 0.3) is 10.9 Å². The minimum atomic E-state index is -1.64. The Balaban J connectivity index is 1.14. The summed E-state index contributed by atoms with van der Waals surface area (Å²) < 4.78 is 58.6. The summed E-state index contributed by atoms with van der Waals surface area (Å²) >= 11 is 6.61. The third-order valence-corrected chi connectivity index (χ3v) is 17.5. The second kappa shape index (κ2) is 28.0. The molecule has 3 saturated heterocycles. The van der Waals surface area contributed by atoms with Gasteiger partial charge in [-0.3, -0.25) is 9.59 Å². The van der Waals surface area contributed by atoms with Crippen LogP contribution in [0, 0.1) is 17.8 Å². The van der Waals surface area contributed by atoms with Crippen molar-refractivity contribution < 1.29 is 77.4 Å². The molecule has 0 bridgehead atoms. The van der Waals surface area contributed by atoms with E-state index in [0.29, 0.717) is 42.2 Å². The Kier molecular flexibility index (Phi) is 22.9. The molecule has 4 aliphatic rings. The summed E-state index contributed by atoms with van der Waals surface area (Å²) in [5, 5.41) is 53.1. The number of methoxy groups -OCH3 is 2. The van der Waals surface area contributed by atoms with Crippen molar-refractivity contribution in [2.45, 2.75) is 211 Å². The predicted molar refractivity (Wildman–Crippen MR) is 304 cm³/mol. The number of hydrogen-bond acceptors (Lipinski definition) is 19. The van der Waals surface area contributed by atoms with Gasteiger partial charge in [0.05, 0.1) is 58.8 Å². The molecule has 0 spiro atoms. The maximum atomic E-state index is 14.7. The number of benzene rings is 1. The fourth-order valence-electron chi connectivity index (χ4n) is 12.6. The molecule has 4 heterocycles. The first kappa shape index (κ1) is 66.4. The van der Waals surface area contributed by atoms with Crippen LogP contribution in [0.15, 0.2) is 23.1 Å². The van der Waals surface area contributed by atoms with Crippen LogP contribution in [0.3, 0.4) is 0 Å². The van der Waals surface area contributed by atoms with Crippen molar-refractivity contribution in [2.24, 2.45) is 17.8 Å². The van der Waals surface area contributed by atoms with Crippen molar-refractivity contribution in [3.63, 3.8) is 0 Å². The average molecular weight is 1170 g/mol. The second-order valence-corrected chi connectivity index (χ2v) is 24.6. The van der Waals surface area contributed by atoms with E-state index in [9.17, 15) is 39.6 Å². The summed E-state index contributed by atoms with van der Waals surface area (Å²) in [6, 6.07) is 2.70. The number of cyclic esters (lactones) is 1. The predicted octanol–water partition coefficient (Wildman–Crippen LogP) is 5.81. The van der Waals surface area contributed by atoms with Gasteiger partial charge >= 0.3 is 18.0 Å². The van der Waals surface area contributed by atoms with Crippen LogP contribution in [0.1, 0.15) is 131 Å². The van der Waals surface area contributed by atoms with Crippen LogP contribution in [0.5, 0.6) is 0 Å². The van der Waals surface area contributed by atoms with Gasteiger partial charge in [-0.2, -0.15) is 0 Å². The third-order valence-electron chi connectivity index (χ3n) is 17.2. The number of aromatic carboxylic acids is 1. The molecule has 22 nitrogen and oxygen atoms in total. The van der Waals surface area contributed by atoms with Crippen molar-refractivity contribution in [3.05, 3.63) is 39.1 Å². The zero-order chi connectivity index (χ0) is 60.1. The Hall–Kier alpha value is -3.75. The summed E-state index contributed by atoms with van der Waals surface area (Å²) in [5.74, 6) is -4.02. The van der Waals surface area contributed by atoms with E-state index in [4.69, 9.17) is 54.2 Å². The number of nitrogens with one attached hydrogen (secondary N) is 2. The highest BCUT2D eigenvalue weighted by Crippen LogP contribution is 2.42. The van der Waals surface area contributed by atoms with Crippen LogP contribution in [0.2, 0.25) is 5.02 Å². The molecule has 23 heteroatoms. The van der Waals surface area contributed by atoms with Gasteiger partial charge < -0.3 is 88.1 Å². The first-order valence-electron chi connectivity index (χ1n) is 28.8. The number of hydrogen-bond donors (Lipinski definition) is 6. The van der Waals surface area contributed by atoms with Crippen molar-refractivity contribution in [1.82, 2.24) is 19.7 Å². The van der Waals surface area contributed by atoms with Crippen molar-refractivity contribution >= 4 is 46.2 Å². The number of carbonyl (C=O) groups is 3. The molecule has 6 N–H and O–H groups in total. The summed E-state index contributed by atoms with van der Waals surface area (Å²) in [6.07, 6.45) is -5.42. The van der Waals surface area contributed by atoms with Gasteiger partial charge in [-0.05, 0) is 126 Å². The molecule has 18 atom stereocenters. The van der Waals surface area contributed by atoms with Crippen molar-refractivity contribution in [3.8, 4) is 0 Å². The maximum absolute atomic E-state index is 14.7. The van der Waals surface area contributed by atoms with Crippen LogP contribution in [-0.4, -0.2) is 211 Å². The number of carboxylic acids is 1. The number of nitrogens with zero attached hydrogens (tertiary/aromatic N) is 3. The molecular formula is C58H94ClN5O17. The number of aromatic nitrogens is 1. The SMILES string of the molecule is CC[C@H]1OC(=O)[C@H](C)[C@@H](O[C@H]2C[C@@](C)(OC)[C@@H](OC(=O)NCCCOCCNc3cc4c(=O)c(C(=O)O)cn(C5CC5)c4cc3Cl)[C@H](C)O2)[C@H](C)[C@@H](O[C@@H]2O[C@H](C)C[C@H](N(C)C)[C@H]2O)[C@](C)(O)C[C@@H](C)CN(C)[C@H](C)[C@@H](OC)[C@]1(C)O. The van der Waals surface area contributed by atoms with Gasteiger partial charge in [0.25, 0.3) is 0 Å². The molecular weight excluding hydrogens is 1070 g/mol. The zero-order valence-corrected chi connectivity index (χ0v) is 51.0. The smallest absolute Gasteiger partial charge is 0.407 e. The van der Waals surface area contributed by atoms with E-state index in [1.165, 1.54) is 20.4 Å². The molecule has 0 radical (unpaired) electrons. The number of halogens is 1. The van der Waals surface area contributed by atoms with E-state index in [2.05, 4.69) is 15.5 Å². The number of ether oxygens (including phenoxy) is 9. The van der Waals surface area contributed by atoms with E-state index >= 15 is 0 Å². The number of carboxylic acid groups (broad SMARTS) is 1. The lowest BCUT2D eigenvalue weighted by atomic mass is 9.77. The lowest BCUT2D eigenvalue weighted by Crippen LogP contribution is -2.61. The third kappa shape index (κ3) is 15.8. The molecule has 1 aromatic heterocycles. The molecule has 81 heavy (non-hydrogen) atoms. The molecule has 1 aliphatic carbocycles. The lowest BCUT2D eigenvalue weighted by molar-refractivity contribution is -0.317. The largest absolute Gasteiger partial charge is 0.477 e. The molecule has 4 fully saturated rings. The van der Waals surface area contributed by atoms with Gasteiger partial charge in [0, 0.05) is 82.5 Å². The topological polar surface area (TPSA) is 268 Å². The second-order valence-electron chi connectivity index (χ2n) is 24.2. The van der Waals surface area contributed by atoms with Gasteiger partial charge in [0.15, 0.2) is 18.7 Å². The average Bonchev–Trinajstić information content (AvgIpc) is 4.28. The fraction of sp³-hybridized carbons (Fsp3) is 0.793. The monoisotopic (exact) mass is 1170 g/mol. The van der Waals surface area contributed by atoms with E-state index in [1.54, 1.807) is 46.8 Å². The Bertz CT molecular complexity index is 2500. The number of aliphatic hydroxyl groups is 3. The van der Waals surface area contributed by atoms with Gasteiger partial charge in [-0.25, -0.2) is 9.59 Å². The number of likely N-dealkylation sites (N-methyl/N-ethyl adjacent to an activating group) is 2. The molecule has 6 rings (SSSR count). The van der Waals surface area contributed by atoms with E-state index in [0.717, 1.165) is 12.8 Å². The standard InChI is InChI=1S/C58H94ClN5O17/c1-16-44-58(10,72)50(73-14)35(6)63(13)29-31(2)27-56(8,71)49(80-54-47(66)43(62(11)12)24-32(3)76-54)33(4)48(34(5)53(69)78-44)79-45-28-57(9,74-15)51(36(7)77-45)81-55(70)61-20-17-22-75-23-21-60-41-25-38-42(26-40(41)59)64(37-18-19-37)30-39(46(38)65)52(67)68/h25-26,30-37,43-45,47-51,54,60,66,71-72H,16-24,27-29H2,1-15H3,(H,61,70)(H,67,68)/t31-,32-,33+,34-,35-,36+,43+,44-,45+,47-,48+,49-,50-,51+,54+,56-,57-,58-/m1/s1. The molecule has 1 saturated carbocycles. The zero-order valence-electron chi connectivity index (χ0n) is 50.3. The highest BCUT2D eigenvalue weighted by molar-refractivity contribution is 6.34. The number of anilines is 1. The van der Waals surface area contributed by atoms with Gasteiger partial charge in [0.1, 0.15) is 35.1 Å². The fourth-order valence-corrected chi connectivity index (χ4v) is 12.8. The quantitative estimate of drug-likeness (QED) is 0.0716. The normalized spacial score (nSPS) is 36.8.